The van der Waals surface area contributed by atoms with Crippen LogP contribution in [0.1, 0.15) is 36.5 Å². The molecular weight excluding hydrogens is 234 g/mol. The van der Waals surface area contributed by atoms with E-state index in [1.54, 1.807) is 0 Å². The predicted octanol–water partition coefficient (Wildman–Crippen LogP) is 2.10. The van der Waals surface area contributed by atoms with Crippen molar-refractivity contribution in [2.45, 2.75) is 26.2 Å². The van der Waals surface area contributed by atoms with Gasteiger partial charge in [0, 0.05) is 24.4 Å². The second-order valence-electron chi connectivity index (χ2n) is 3.99. The van der Waals surface area contributed by atoms with E-state index in [2.05, 4.69) is 12.2 Å². The minimum Gasteiger partial charge on any atom is -0.398 e. The van der Waals surface area contributed by atoms with Crippen LogP contribution in [0.15, 0.2) is 18.2 Å². The van der Waals surface area contributed by atoms with E-state index in [-0.39, 0.29) is 22.8 Å². The van der Waals surface area contributed by atoms with Crippen molar-refractivity contribution in [3.63, 3.8) is 0 Å². The molecule has 0 aromatic heterocycles. The molecule has 1 aromatic rings. The number of non-ortho nitro benzene ring substituents is 1. The van der Waals surface area contributed by atoms with Gasteiger partial charge in [0.15, 0.2) is 0 Å². The van der Waals surface area contributed by atoms with Crippen LogP contribution in [0.25, 0.3) is 0 Å². The minimum atomic E-state index is -0.548. The summed E-state index contributed by atoms with van der Waals surface area (Å²) in [7, 11) is 0. The highest BCUT2D eigenvalue weighted by Crippen LogP contribution is 2.19. The Balaban J connectivity index is 2.72. The molecule has 3 N–H and O–H groups in total. The Bertz CT molecular complexity index is 446. The van der Waals surface area contributed by atoms with Gasteiger partial charge in [0.05, 0.1) is 10.5 Å². The minimum absolute atomic E-state index is 0.136. The SMILES string of the molecule is CCCCCNC(=O)c1cc([N+](=O)[O-])ccc1N. The van der Waals surface area contributed by atoms with Crippen LogP contribution in [0, 0.1) is 10.1 Å². The first-order chi connectivity index (χ1) is 8.56. The van der Waals surface area contributed by atoms with Crippen LogP contribution in [-0.4, -0.2) is 17.4 Å². The van der Waals surface area contributed by atoms with Crippen molar-refractivity contribution < 1.29 is 9.72 Å². The van der Waals surface area contributed by atoms with Crippen molar-refractivity contribution in [2.75, 3.05) is 12.3 Å². The Hall–Kier alpha value is -2.11. The highest BCUT2D eigenvalue weighted by atomic mass is 16.6. The van der Waals surface area contributed by atoms with Crippen LogP contribution < -0.4 is 11.1 Å². The molecule has 0 aliphatic carbocycles. The number of amides is 1. The number of unbranched alkanes of at least 4 members (excludes halogenated alkanes) is 2. The van der Waals surface area contributed by atoms with E-state index < -0.39 is 4.92 Å². The number of nitrogens with zero attached hydrogens (tertiary/aromatic N) is 1. The number of hydrogen-bond acceptors (Lipinski definition) is 4. The first-order valence-corrected chi connectivity index (χ1v) is 5.88. The van der Waals surface area contributed by atoms with Gasteiger partial charge in [-0.2, -0.15) is 0 Å². The summed E-state index contributed by atoms with van der Waals surface area (Å²) in [6.07, 6.45) is 2.98. The van der Waals surface area contributed by atoms with Gasteiger partial charge in [0.1, 0.15) is 0 Å². The summed E-state index contributed by atoms with van der Waals surface area (Å²) >= 11 is 0. The van der Waals surface area contributed by atoms with E-state index in [0.717, 1.165) is 19.3 Å². The number of benzene rings is 1. The lowest BCUT2D eigenvalue weighted by atomic mass is 10.1. The molecule has 0 bridgehead atoms. The normalized spacial score (nSPS) is 10.1. The zero-order valence-electron chi connectivity index (χ0n) is 10.3. The molecule has 0 heterocycles. The number of carbonyl (C=O) groups is 1. The quantitative estimate of drug-likeness (QED) is 0.350. The molecule has 0 radical (unpaired) electrons. The Morgan fingerprint density at radius 1 is 1.44 bits per heavy atom. The van der Waals surface area contributed by atoms with Gasteiger partial charge >= 0.3 is 0 Å². The van der Waals surface area contributed by atoms with Crippen LogP contribution in [-0.2, 0) is 0 Å². The molecule has 1 rings (SSSR count). The molecule has 98 valence electrons. The van der Waals surface area contributed by atoms with E-state index >= 15 is 0 Å². The van der Waals surface area contributed by atoms with Crippen LogP contribution >= 0.6 is 0 Å². The van der Waals surface area contributed by atoms with Crippen molar-refractivity contribution >= 4 is 17.3 Å². The lowest BCUT2D eigenvalue weighted by Gasteiger charge is -2.07. The third-order valence-corrected chi connectivity index (χ3v) is 2.56. The fourth-order valence-corrected chi connectivity index (χ4v) is 1.53. The highest BCUT2D eigenvalue weighted by molar-refractivity contribution is 5.99. The van der Waals surface area contributed by atoms with Crippen LogP contribution in [0.3, 0.4) is 0 Å². The molecule has 0 saturated heterocycles. The van der Waals surface area contributed by atoms with E-state index in [4.69, 9.17) is 5.73 Å². The largest absolute Gasteiger partial charge is 0.398 e. The van der Waals surface area contributed by atoms with Gasteiger partial charge in [0.2, 0.25) is 0 Å². The molecule has 0 fully saturated rings. The van der Waals surface area contributed by atoms with E-state index in [9.17, 15) is 14.9 Å². The zero-order chi connectivity index (χ0) is 13.5. The number of anilines is 1. The molecule has 6 nitrogen and oxygen atoms in total. The van der Waals surface area contributed by atoms with Gasteiger partial charge < -0.3 is 11.1 Å². The Kier molecular flexibility index (Phi) is 5.10. The highest BCUT2D eigenvalue weighted by Gasteiger charge is 2.14. The number of nitro benzene ring substituents is 1. The summed E-state index contributed by atoms with van der Waals surface area (Å²) in [4.78, 5) is 21.9. The number of nitrogen functional groups attached to an aromatic ring is 1. The summed E-state index contributed by atoms with van der Waals surface area (Å²) in [6, 6.07) is 3.85. The predicted molar refractivity (Wildman–Crippen MR) is 69.4 cm³/mol. The monoisotopic (exact) mass is 251 g/mol. The van der Waals surface area contributed by atoms with Crippen LogP contribution in [0.2, 0.25) is 0 Å². The molecule has 0 atom stereocenters. The van der Waals surface area contributed by atoms with Gasteiger partial charge in [-0.3, -0.25) is 14.9 Å². The molecule has 0 unspecified atom stereocenters. The van der Waals surface area contributed by atoms with Gasteiger partial charge in [-0.15, -0.1) is 0 Å². The van der Waals surface area contributed by atoms with Crippen molar-refractivity contribution in [3.05, 3.63) is 33.9 Å². The van der Waals surface area contributed by atoms with Crippen molar-refractivity contribution in [1.29, 1.82) is 0 Å². The maximum absolute atomic E-state index is 11.8. The van der Waals surface area contributed by atoms with Crippen molar-refractivity contribution in [3.8, 4) is 0 Å². The third-order valence-electron chi connectivity index (χ3n) is 2.56. The Morgan fingerprint density at radius 2 is 2.17 bits per heavy atom. The van der Waals surface area contributed by atoms with E-state index in [0.29, 0.717) is 6.54 Å². The molecular formula is C12H17N3O3. The van der Waals surface area contributed by atoms with Gasteiger partial charge in [-0.1, -0.05) is 19.8 Å². The maximum atomic E-state index is 11.8. The molecule has 18 heavy (non-hydrogen) atoms. The molecule has 1 aromatic carbocycles. The number of carbonyl (C=O) groups excluding carboxylic acids is 1. The number of nitrogens with two attached hydrogens (primary N) is 1. The van der Waals surface area contributed by atoms with Crippen LogP contribution in [0.5, 0.6) is 0 Å². The summed E-state index contributed by atoms with van der Waals surface area (Å²) in [5.74, 6) is -0.368. The molecule has 0 aliphatic rings. The molecule has 0 spiro atoms. The number of nitro groups is 1. The summed E-state index contributed by atoms with van der Waals surface area (Å²) in [6.45, 7) is 2.62. The van der Waals surface area contributed by atoms with Gasteiger partial charge in [-0.05, 0) is 12.5 Å². The van der Waals surface area contributed by atoms with Crippen LogP contribution in [0.4, 0.5) is 11.4 Å². The average Bonchev–Trinajstić information content (AvgIpc) is 2.34. The molecule has 6 heteroatoms. The summed E-state index contributed by atoms with van der Waals surface area (Å²) < 4.78 is 0. The third kappa shape index (κ3) is 3.73. The smallest absolute Gasteiger partial charge is 0.270 e. The second kappa shape index (κ2) is 6.58. The summed E-state index contributed by atoms with van der Waals surface area (Å²) in [5, 5.41) is 13.3. The fraction of sp³-hybridized carbons (Fsp3) is 0.417. The fourth-order valence-electron chi connectivity index (χ4n) is 1.53. The number of nitrogens with one attached hydrogen (secondary N) is 1. The zero-order valence-corrected chi connectivity index (χ0v) is 10.3. The van der Waals surface area contributed by atoms with Gasteiger partial charge in [0.25, 0.3) is 11.6 Å². The first-order valence-electron chi connectivity index (χ1n) is 5.88. The lowest BCUT2D eigenvalue weighted by Crippen LogP contribution is -2.25. The molecule has 1 amide bonds. The number of hydrogen-bond donors (Lipinski definition) is 2. The average molecular weight is 251 g/mol. The topological polar surface area (TPSA) is 98.3 Å². The Morgan fingerprint density at radius 3 is 2.78 bits per heavy atom. The van der Waals surface area contributed by atoms with Crippen molar-refractivity contribution in [2.24, 2.45) is 0 Å². The molecule has 0 saturated carbocycles. The maximum Gasteiger partial charge on any atom is 0.270 e. The van der Waals surface area contributed by atoms with E-state index in [1.165, 1.54) is 18.2 Å². The Labute approximate surface area is 105 Å². The summed E-state index contributed by atoms with van der Waals surface area (Å²) in [5.41, 5.74) is 5.90. The first kappa shape index (κ1) is 14.0. The number of rotatable bonds is 6. The van der Waals surface area contributed by atoms with E-state index in [1.807, 2.05) is 0 Å². The second-order valence-corrected chi connectivity index (χ2v) is 3.99. The molecule has 0 aliphatic heterocycles. The van der Waals surface area contributed by atoms with Crippen molar-refractivity contribution in [1.82, 2.24) is 5.32 Å². The standard InChI is InChI=1S/C12H17N3O3/c1-2-3-4-7-14-12(16)10-8-9(15(17)18)5-6-11(10)13/h5-6,8H,2-4,7,13H2,1H3,(H,14,16). The lowest BCUT2D eigenvalue weighted by molar-refractivity contribution is -0.384. The van der Waals surface area contributed by atoms with Gasteiger partial charge in [-0.25, -0.2) is 0 Å².